The van der Waals surface area contributed by atoms with E-state index in [0.717, 1.165) is 12.0 Å². The first-order valence-electron chi connectivity index (χ1n) is 8.79. The van der Waals surface area contributed by atoms with E-state index in [1.807, 2.05) is 24.3 Å². The third kappa shape index (κ3) is 4.92. The van der Waals surface area contributed by atoms with E-state index in [-0.39, 0.29) is 17.5 Å². The van der Waals surface area contributed by atoms with Crippen LogP contribution in [0.4, 0.5) is 0 Å². The predicted molar refractivity (Wildman–Crippen MR) is 103 cm³/mol. The topological polar surface area (TPSA) is 63.2 Å². The van der Waals surface area contributed by atoms with Gasteiger partial charge >= 0.3 is 0 Å². The maximum absolute atomic E-state index is 12.3. The molecule has 1 aliphatic carbocycles. The van der Waals surface area contributed by atoms with Crippen molar-refractivity contribution < 1.29 is 14.4 Å². The molecule has 1 aromatic rings. The summed E-state index contributed by atoms with van der Waals surface area (Å²) in [5.74, 6) is -0.178. The monoisotopic (exact) mass is 373 g/mol. The molecule has 0 saturated carbocycles. The fourth-order valence-electron chi connectivity index (χ4n) is 2.97. The van der Waals surface area contributed by atoms with Crippen LogP contribution < -0.4 is 5.32 Å². The number of halogens is 1. The Bertz CT molecular complexity index is 788. The van der Waals surface area contributed by atoms with E-state index in [0.29, 0.717) is 53.1 Å². The van der Waals surface area contributed by atoms with Crippen LogP contribution in [0.3, 0.4) is 0 Å². The molecule has 1 aliphatic rings. The number of Topliss-reactive ketones (excluding diaryl/α,β-unsaturated/α-hetero) is 2. The molecule has 4 nitrogen and oxygen atoms in total. The van der Waals surface area contributed by atoms with Gasteiger partial charge in [0.1, 0.15) is 0 Å². The smallest absolute Gasteiger partial charge is 0.220 e. The Balaban J connectivity index is 1.77. The largest absolute Gasteiger partial charge is 0.356 e. The first-order chi connectivity index (χ1) is 12.3. The van der Waals surface area contributed by atoms with Gasteiger partial charge in [0, 0.05) is 40.3 Å². The molecule has 1 N–H and O–H groups in total. The molecule has 0 radical (unpaired) electrons. The van der Waals surface area contributed by atoms with E-state index in [9.17, 15) is 14.4 Å². The van der Waals surface area contributed by atoms with Gasteiger partial charge in [-0.15, -0.1) is 0 Å². The molecule has 5 heteroatoms. The van der Waals surface area contributed by atoms with Crippen molar-refractivity contribution in [1.82, 2.24) is 5.32 Å². The fraction of sp³-hybridized carbons (Fsp3) is 0.381. The van der Waals surface area contributed by atoms with E-state index in [1.165, 1.54) is 0 Å². The summed E-state index contributed by atoms with van der Waals surface area (Å²) in [5, 5.41) is 3.57. The zero-order valence-corrected chi connectivity index (χ0v) is 16.2. The van der Waals surface area contributed by atoms with Crippen LogP contribution in [0.5, 0.6) is 0 Å². The molecule has 0 aliphatic heterocycles. The van der Waals surface area contributed by atoms with Crippen molar-refractivity contribution in [2.24, 2.45) is 0 Å². The number of hydrogen-bond donors (Lipinski definition) is 1. The highest BCUT2D eigenvalue weighted by Gasteiger charge is 2.27. The van der Waals surface area contributed by atoms with Gasteiger partial charge in [-0.3, -0.25) is 14.4 Å². The van der Waals surface area contributed by atoms with E-state index in [1.54, 1.807) is 20.8 Å². The Kier molecular flexibility index (Phi) is 6.92. The molecule has 138 valence electrons. The van der Waals surface area contributed by atoms with Crippen molar-refractivity contribution in [3.8, 4) is 0 Å². The van der Waals surface area contributed by atoms with E-state index in [2.05, 4.69) is 5.32 Å². The molecule has 1 aromatic carbocycles. The summed E-state index contributed by atoms with van der Waals surface area (Å²) in [6, 6.07) is 7.53. The molecule has 0 aromatic heterocycles. The third-order valence-corrected chi connectivity index (χ3v) is 5.04. The molecule has 2 rings (SSSR count). The Morgan fingerprint density at radius 1 is 0.923 bits per heavy atom. The van der Waals surface area contributed by atoms with E-state index >= 15 is 0 Å². The molecule has 0 spiro atoms. The number of rotatable bonds is 7. The predicted octanol–water partition coefficient (Wildman–Crippen LogP) is 3.97. The minimum Gasteiger partial charge on any atom is -0.356 e. The second kappa shape index (κ2) is 8.95. The highest BCUT2D eigenvalue weighted by atomic mass is 35.5. The number of nitrogens with one attached hydrogen (secondary N) is 1. The van der Waals surface area contributed by atoms with Gasteiger partial charge in [-0.25, -0.2) is 0 Å². The highest BCUT2D eigenvalue weighted by molar-refractivity contribution is 6.30. The zero-order chi connectivity index (χ0) is 19.3. The number of carbonyl (C=O) groups excluding carboxylic acids is 3. The number of benzene rings is 1. The first-order valence-corrected chi connectivity index (χ1v) is 9.16. The van der Waals surface area contributed by atoms with Gasteiger partial charge in [-0.05, 0) is 57.7 Å². The first kappa shape index (κ1) is 20.1. The fourth-order valence-corrected chi connectivity index (χ4v) is 3.09. The SMILES string of the molecule is CC1=C(C)C(=O)C(CCCC(=O)NCCc2ccc(Cl)cc2)=C(C)C1=O. The van der Waals surface area contributed by atoms with Crippen LogP contribution in [0.1, 0.15) is 45.6 Å². The Labute approximate surface area is 159 Å². The van der Waals surface area contributed by atoms with Crippen LogP contribution in [-0.2, 0) is 20.8 Å². The maximum atomic E-state index is 12.3. The Morgan fingerprint density at radius 3 is 2.19 bits per heavy atom. The summed E-state index contributed by atoms with van der Waals surface area (Å²) in [5.41, 5.74) is 3.21. The van der Waals surface area contributed by atoms with Gasteiger partial charge in [0.25, 0.3) is 0 Å². The van der Waals surface area contributed by atoms with Crippen LogP contribution in [0.25, 0.3) is 0 Å². The summed E-state index contributed by atoms with van der Waals surface area (Å²) >= 11 is 5.84. The number of allylic oxidation sites excluding steroid dienone is 4. The quantitative estimate of drug-likeness (QED) is 0.735. The minimum absolute atomic E-state index is 0.0461. The van der Waals surface area contributed by atoms with Crippen molar-refractivity contribution >= 4 is 29.1 Å². The summed E-state index contributed by atoms with van der Waals surface area (Å²) < 4.78 is 0. The number of ketones is 2. The Hall–Kier alpha value is -2.20. The molecule has 0 unspecified atom stereocenters. The highest BCUT2D eigenvalue weighted by Crippen LogP contribution is 2.27. The van der Waals surface area contributed by atoms with Crippen LogP contribution in [-0.4, -0.2) is 24.0 Å². The maximum Gasteiger partial charge on any atom is 0.220 e. The normalized spacial score (nSPS) is 14.9. The molecule has 26 heavy (non-hydrogen) atoms. The molecule has 0 fully saturated rings. The van der Waals surface area contributed by atoms with E-state index < -0.39 is 0 Å². The number of hydrogen-bond acceptors (Lipinski definition) is 3. The van der Waals surface area contributed by atoms with Gasteiger partial charge in [-0.2, -0.15) is 0 Å². The summed E-state index contributed by atoms with van der Waals surface area (Å²) in [6.45, 7) is 5.62. The van der Waals surface area contributed by atoms with Gasteiger partial charge in [-0.1, -0.05) is 23.7 Å². The summed E-state index contributed by atoms with van der Waals surface area (Å²) in [7, 11) is 0. The molecule has 0 saturated heterocycles. The van der Waals surface area contributed by atoms with Crippen molar-refractivity contribution in [3.05, 3.63) is 57.1 Å². The van der Waals surface area contributed by atoms with Crippen molar-refractivity contribution in [3.63, 3.8) is 0 Å². The molecular formula is C21H24ClNO3. The second-order valence-corrected chi connectivity index (χ2v) is 7.03. The van der Waals surface area contributed by atoms with E-state index in [4.69, 9.17) is 11.6 Å². The lowest BCUT2D eigenvalue weighted by atomic mass is 9.84. The average molecular weight is 374 g/mol. The lowest BCUT2D eigenvalue weighted by Gasteiger charge is -2.18. The van der Waals surface area contributed by atoms with Gasteiger partial charge in [0.15, 0.2) is 11.6 Å². The summed E-state index contributed by atoms with van der Waals surface area (Å²) in [6.07, 6.45) is 2.07. The zero-order valence-electron chi connectivity index (χ0n) is 15.4. The Morgan fingerprint density at radius 2 is 1.54 bits per heavy atom. The van der Waals surface area contributed by atoms with Crippen LogP contribution in [0.2, 0.25) is 5.02 Å². The van der Waals surface area contributed by atoms with Gasteiger partial charge < -0.3 is 5.32 Å². The van der Waals surface area contributed by atoms with Crippen molar-refractivity contribution in [1.29, 1.82) is 0 Å². The number of amides is 1. The van der Waals surface area contributed by atoms with Gasteiger partial charge in [0.05, 0.1) is 0 Å². The number of carbonyl (C=O) groups is 3. The minimum atomic E-state index is -0.0669. The summed E-state index contributed by atoms with van der Waals surface area (Å²) in [4.78, 5) is 36.4. The molecular weight excluding hydrogens is 350 g/mol. The lowest BCUT2D eigenvalue weighted by molar-refractivity contribution is -0.121. The molecule has 0 heterocycles. The average Bonchev–Trinajstić information content (AvgIpc) is 2.63. The molecule has 1 amide bonds. The van der Waals surface area contributed by atoms with Gasteiger partial charge in [0.2, 0.25) is 5.91 Å². The second-order valence-electron chi connectivity index (χ2n) is 6.59. The van der Waals surface area contributed by atoms with Crippen LogP contribution in [0, 0.1) is 0 Å². The van der Waals surface area contributed by atoms with Crippen LogP contribution in [0.15, 0.2) is 46.6 Å². The van der Waals surface area contributed by atoms with Crippen molar-refractivity contribution in [2.45, 2.75) is 46.5 Å². The third-order valence-electron chi connectivity index (χ3n) is 4.79. The lowest BCUT2D eigenvalue weighted by Crippen LogP contribution is -2.25. The standard InChI is InChI=1S/C21H24ClNO3/c1-13-14(2)21(26)18(15(3)20(13)25)5-4-6-19(24)23-12-11-16-7-9-17(22)10-8-16/h7-10H,4-6,11-12H2,1-3H3,(H,23,24). The van der Waals surface area contributed by atoms with Crippen molar-refractivity contribution in [2.75, 3.05) is 6.54 Å². The van der Waals surface area contributed by atoms with Crippen LogP contribution >= 0.6 is 11.6 Å². The molecule has 0 bridgehead atoms. The molecule has 0 atom stereocenters.